The number of anilines is 1. The molecule has 0 unspecified atom stereocenters. The monoisotopic (exact) mass is 316 g/mol. The molecule has 0 saturated carbocycles. The van der Waals surface area contributed by atoms with Crippen molar-refractivity contribution in [3.63, 3.8) is 0 Å². The van der Waals surface area contributed by atoms with Gasteiger partial charge in [-0.2, -0.15) is 9.78 Å². The highest BCUT2D eigenvalue weighted by atomic mass is 16.2. The number of amides is 2. The summed E-state index contributed by atoms with van der Waals surface area (Å²) in [5, 5.41) is 9.70. The molecular formula is C15H20N6O2. The number of hydrogen-bond donors (Lipinski definition) is 3. The number of aryl methyl sites for hydroxylation is 2. The summed E-state index contributed by atoms with van der Waals surface area (Å²) in [5.41, 5.74) is 2.19. The fourth-order valence-electron chi connectivity index (χ4n) is 2.76. The lowest BCUT2D eigenvalue weighted by atomic mass is 9.97. The van der Waals surface area contributed by atoms with Crippen LogP contribution in [0.15, 0.2) is 10.9 Å². The Bertz CT molecular complexity index is 792. The smallest absolute Gasteiger partial charge is 0.320 e. The van der Waals surface area contributed by atoms with Gasteiger partial charge in [0, 0.05) is 18.2 Å². The normalized spacial score (nSPS) is 13.5. The summed E-state index contributed by atoms with van der Waals surface area (Å²) >= 11 is 0. The molecule has 0 fully saturated rings. The van der Waals surface area contributed by atoms with Gasteiger partial charge in [0.15, 0.2) is 0 Å². The molecule has 1 aliphatic rings. The lowest BCUT2D eigenvalue weighted by Gasteiger charge is -2.15. The van der Waals surface area contributed by atoms with Gasteiger partial charge in [0.2, 0.25) is 5.95 Å². The third-order valence-corrected chi connectivity index (χ3v) is 3.79. The molecule has 0 aromatic carbocycles. The summed E-state index contributed by atoms with van der Waals surface area (Å²) in [7, 11) is 0. The van der Waals surface area contributed by atoms with E-state index in [1.54, 1.807) is 6.07 Å². The van der Waals surface area contributed by atoms with E-state index in [1.807, 2.05) is 13.8 Å². The quantitative estimate of drug-likeness (QED) is 0.793. The molecule has 3 rings (SSSR count). The topological polar surface area (TPSA) is 105 Å². The molecule has 2 aromatic heterocycles. The highest BCUT2D eigenvalue weighted by Crippen LogP contribution is 2.18. The molecule has 2 aromatic rings. The average molecular weight is 316 g/mol. The maximum absolute atomic E-state index is 12.3. The largest absolute Gasteiger partial charge is 0.338 e. The predicted octanol–water partition coefficient (Wildman–Crippen LogP) is 1.28. The van der Waals surface area contributed by atoms with Gasteiger partial charge in [0.25, 0.3) is 5.56 Å². The van der Waals surface area contributed by atoms with Crippen LogP contribution in [0.4, 0.5) is 10.6 Å². The molecule has 3 N–H and O–H groups in total. The van der Waals surface area contributed by atoms with E-state index in [0.29, 0.717) is 18.3 Å². The Kier molecular flexibility index (Phi) is 4.14. The minimum Gasteiger partial charge on any atom is -0.338 e. The van der Waals surface area contributed by atoms with Crippen molar-refractivity contribution in [2.45, 2.75) is 39.5 Å². The van der Waals surface area contributed by atoms with Crippen molar-refractivity contribution in [3.8, 4) is 5.95 Å². The van der Waals surface area contributed by atoms with Gasteiger partial charge in [-0.1, -0.05) is 0 Å². The number of fused-ring (bicyclic) bond motifs is 1. The minimum atomic E-state index is -0.325. The Morgan fingerprint density at radius 1 is 1.39 bits per heavy atom. The Morgan fingerprint density at radius 3 is 2.96 bits per heavy atom. The van der Waals surface area contributed by atoms with E-state index >= 15 is 0 Å². The third-order valence-electron chi connectivity index (χ3n) is 3.79. The van der Waals surface area contributed by atoms with E-state index < -0.39 is 0 Å². The molecule has 122 valence electrons. The van der Waals surface area contributed by atoms with E-state index in [1.165, 1.54) is 4.68 Å². The average Bonchev–Trinajstić information content (AvgIpc) is 2.88. The van der Waals surface area contributed by atoms with Crippen LogP contribution >= 0.6 is 0 Å². The second kappa shape index (κ2) is 6.23. The number of rotatable bonds is 3. The van der Waals surface area contributed by atoms with Crippen LogP contribution in [0.1, 0.15) is 36.7 Å². The van der Waals surface area contributed by atoms with Crippen molar-refractivity contribution in [2.24, 2.45) is 0 Å². The van der Waals surface area contributed by atoms with Crippen molar-refractivity contribution in [3.05, 3.63) is 33.4 Å². The maximum Gasteiger partial charge on any atom is 0.320 e. The van der Waals surface area contributed by atoms with Crippen LogP contribution in [0.2, 0.25) is 0 Å². The molecule has 0 saturated heterocycles. The molecular weight excluding hydrogens is 296 g/mol. The molecule has 23 heavy (non-hydrogen) atoms. The van der Waals surface area contributed by atoms with Crippen LogP contribution < -0.4 is 16.2 Å². The number of aromatic nitrogens is 4. The molecule has 0 bridgehead atoms. The van der Waals surface area contributed by atoms with Crippen molar-refractivity contribution >= 4 is 11.8 Å². The predicted molar refractivity (Wildman–Crippen MR) is 86.1 cm³/mol. The summed E-state index contributed by atoms with van der Waals surface area (Å²) in [6.07, 6.45) is 3.61. The maximum atomic E-state index is 12.3. The Hall–Kier alpha value is -2.64. The highest BCUT2D eigenvalue weighted by molar-refractivity contribution is 5.88. The van der Waals surface area contributed by atoms with E-state index in [4.69, 9.17) is 0 Å². The molecule has 1 aliphatic carbocycles. The van der Waals surface area contributed by atoms with Gasteiger partial charge >= 0.3 is 6.03 Å². The minimum absolute atomic E-state index is 0.123. The lowest BCUT2D eigenvalue weighted by Crippen LogP contribution is -2.30. The van der Waals surface area contributed by atoms with Crippen LogP contribution in [0.3, 0.4) is 0 Å². The molecule has 2 heterocycles. The second-order valence-corrected chi connectivity index (χ2v) is 5.59. The van der Waals surface area contributed by atoms with Gasteiger partial charge in [-0.05, 0) is 39.5 Å². The first kappa shape index (κ1) is 15.3. The number of aromatic amines is 1. The van der Waals surface area contributed by atoms with Crippen molar-refractivity contribution in [2.75, 3.05) is 11.9 Å². The number of carbonyl (C=O) groups is 1. The van der Waals surface area contributed by atoms with Gasteiger partial charge in [-0.25, -0.2) is 9.78 Å². The van der Waals surface area contributed by atoms with Gasteiger partial charge in [0.1, 0.15) is 5.82 Å². The highest BCUT2D eigenvalue weighted by Gasteiger charge is 2.18. The lowest BCUT2D eigenvalue weighted by molar-refractivity contribution is 0.252. The zero-order valence-corrected chi connectivity index (χ0v) is 13.3. The molecule has 0 radical (unpaired) electrons. The van der Waals surface area contributed by atoms with Crippen LogP contribution in [-0.4, -0.2) is 32.3 Å². The van der Waals surface area contributed by atoms with Crippen molar-refractivity contribution in [1.29, 1.82) is 0 Å². The number of H-pyrrole nitrogens is 1. The van der Waals surface area contributed by atoms with Gasteiger partial charge in [-0.15, -0.1) is 0 Å². The van der Waals surface area contributed by atoms with Crippen LogP contribution in [0, 0.1) is 6.92 Å². The Morgan fingerprint density at radius 2 is 2.17 bits per heavy atom. The first-order valence-corrected chi connectivity index (χ1v) is 7.82. The molecule has 2 amide bonds. The number of nitrogens with one attached hydrogen (secondary N) is 3. The summed E-state index contributed by atoms with van der Waals surface area (Å²) in [4.78, 5) is 31.3. The molecule has 0 aliphatic heterocycles. The molecule has 8 nitrogen and oxygen atoms in total. The summed E-state index contributed by atoms with van der Waals surface area (Å²) in [6.45, 7) is 4.17. The molecule has 0 atom stereocenters. The number of hydrogen-bond acceptors (Lipinski definition) is 4. The van der Waals surface area contributed by atoms with Crippen LogP contribution in [0.5, 0.6) is 0 Å². The SMILES string of the molecule is CCNC(=O)Nc1cc(C)nn1-c1nc2c(c(=O)[nH]1)CCCC2. The molecule has 0 spiro atoms. The van der Waals surface area contributed by atoms with E-state index in [2.05, 4.69) is 25.7 Å². The van der Waals surface area contributed by atoms with Gasteiger partial charge < -0.3 is 5.32 Å². The van der Waals surface area contributed by atoms with Crippen LogP contribution in [-0.2, 0) is 12.8 Å². The zero-order chi connectivity index (χ0) is 16.4. The first-order chi connectivity index (χ1) is 11.1. The van der Waals surface area contributed by atoms with Gasteiger partial charge in [-0.3, -0.25) is 15.1 Å². The van der Waals surface area contributed by atoms with E-state index in [9.17, 15) is 9.59 Å². The summed E-state index contributed by atoms with van der Waals surface area (Å²) < 4.78 is 1.46. The van der Waals surface area contributed by atoms with Crippen LogP contribution in [0.25, 0.3) is 5.95 Å². The Balaban J connectivity index is 2.00. The Labute approximate surface area is 133 Å². The summed E-state index contributed by atoms with van der Waals surface area (Å²) in [6, 6.07) is 1.41. The fraction of sp³-hybridized carbons (Fsp3) is 0.467. The van der Waals surface area contributed by atoms with E-state index in [0.717, 1.165) is 42.6 Å². The second-order valence-electron chi connectivity index (χ2n) is 5.59. The van der Waals surface area contributed by atoms with Crippen molar-refractivity contribution in [1.82, 2.24) is 25.1 Å². The first-order valence-electron chi connectivity index (χ1n) is 7.82. The van der Waals surface area contributed by atoms with E-state index in [-0.39, 0.29) is 11.6 Å². The number of carbonyl (C=O) groups excluding carboxylic acids is 1. The van der Waals surface area contributed by atoms with Gasteiger partial charge in [0.05, 0.1) is 11.4 Å². The number of nitrogens with zero attached hydrogens (tertiary/aromatic N) is 3. The number of urea groups is 1. The standard InChI is InChI=1S/C15H20N6O2/c1-3-16-15(23)18-12-8-9(2)20-21(12)14-17-11-7-5-4-6-10(11)13(22)19-14/h8H,3-7H2,1-2H3,(H2,16,18,23)(H,17,19,22). The van der Waals surface area contributed by atoms with Crippen molar-refractivity contribution < 1.29 is 4.79 Å². The summed E-state index contributed by atoms with van der Waals surface area (Å²) in [5.74, 6) is 0.794. The molecule has 8 heteroatoms. The zero-order valence-electron chi connectivity index (χ0n) is 13.3. The third kappa shape index (κ3) is 3.10. The fourth-order valence-corrected chi connectivity index (χ4v) is 2.76.